The van der Waals surface area contributed by atoms with Gasteiger partial charge in [-0.2, -0.15) is 0 Å². The van der Waals surface area contributed by atoms with Crippen molar-refractivity contribution in [3.8, 4) is 0 Å². The summed E-state index contributed by atoms with van der Waals surface area (Å²) in [7, 11) is 0. The van der Waals surface area contributed by atoms with Crippen molar-refractivity contribution in [2.75, 3.05) is 11.5 Å². The van der Waals surface area contributed by atoms with E-state index in [2.05, 4.69) is 57.2 Å². The molecule has 0 radical (unpaired) electrons. The Kier molecular flexibility index (Phi) is 5.48. The van der Waals surface area contributed by atoms with E-state index >= 15 is 0 Å². The topological polar surface area (TPSA) is 52.0 Å². The molecule has 0 saturated carbocycles. The number of aryl methyl sites for hydroxylation is 2. The first-order valence-electron chi connectivity index (χ1n) is 8.32. The number of anilines is 2. The summed E-state index contributed by atoms with van der Waals surface area (Å²) in [4.78, 5) is 0. The van der Waals surface area contributed by atoms with E-state index in [9.17, 15) is 0 Å². The molecule has 2 nitrogen and oxygen atoms in total. The minimum absolute atomic E-state index is 0.304. The number of hydrogen-bond acceptors (Lipinski definition) is 2. The molecule has 22 heavy (non-hydrogen) atoms. The summed E-state index contributed by atoms with van der Waals surface area (Å²) in [6, 6.07) is 12.9. The Labute approximate surface area is 134 Å². The van der Waals surface area contributed by atoms with E-state index in [1.54, 1.807) is 0 Å². The molecule has 2 aromatic rings. The van der Waals surface area contributed by atoms with Gasteiger partial charge in [-0.1, -0.05) is 45.7 Å². The second kappa shape index (κ2) is 7.35. The maximum absolute atomic E-state index is 6.09. The quantitative estimate of drug-likeness (QED) is 0.744. The first kappa shape index (κ1) is 16.4. The van der Waals surface area contributed by atoms with E-state index in [0.717, 1.165) is 37.1 Å². The second-order valence-corrected chi connectivity index (χ2v) is 6.24. The molecule has 0 unspecified atom stereocenters. The van der Waals surface area contributed by atoms with E-state index in [4.69, 9.17) is 11.5 Å². The highest BCUT2D eigenvalue weighted by Gasteiger charge is 2.12. The van der Waals surface area contributed by atoms with Crippen molar-refractivity contribution in [1.29, 1.82) is 0 Å². The van der Waals surface area contributed by atoms with Gasteiger partial charge in [0.05, 0.1) is 0 Å². The molecular formula is C20H28N2. The van der Waals surface area contributed by atoms with Crippen LogP contribution in [0.4, 0.5) is 11.4 Å². The van der Waals surface area contributed by atoms with Crippen LogP contribution in [0, 0.1) is 0 Å². The van der Waals surface area contributed by atoms with Crippen LogP contribution in [0.25, 0.3) is 0 Å². The Morgan fingerprint density at radius 1 is 0.727 bits per heavy atom. The van der Waals surface area contributed by atoms with Crippen molar-refractivity contribution in [1.82, 2.24) is 0 Å². The fraction of sp³-hybridized carbons (Fsp3) is 0.400. The van der Waals surface area contributed by atoms with Crippen molar-refractivity contribution < 1.29 is 0 Å². The molecule has 2 heteroatoms. The first-order chi connectivity index (χ1) is 10.5. The van der Waals surface area contributed by atoms with Crippen molar-refractivity contribution in [3.05, 3.63) is 58.7 Å². The smallest absolute Gasteiger partial charge is 0.0319 e. The Bertz CT molecular complexity index is 576. The molecule has 2 aromatic carbocycles. The Morgan fingerprint density at radius 2 is 1.14 bits per heavy atom. The lowest BCUT2D eigenvalue weighted by Crippen LogP contribution is -2.02. The summed E-state index contributed by atoms with van der Waals surface area (Å²) in [5.74, 6) is 0.304. The molecule has 0 atom stereocenters. The zero-order valence-electron chi connectivity index (χ0n) is 14.0. The molecule has 0 fully saturated rings. The van der Waals surface area contributed by atoms with Crippen LogP contribution in [0.3, 0.4) is 0 Å². The monoisotopic (exact) mass is 296 g/mol. The van der Waals surface area contributed by atoms with Crippen LogP contribution >= 0.6 is 0 Å². The molecule has 0 aliphatic carbocycles. The van der Waals surface area contributed by atoms with E-state index in [0.29, 0.717) is 5.92 Å². The van der Waals surface area contributed by atoms with Crippen LogP contribution in [-0.4, -0.2) is 0 Å². The third-order valence-electron chi connectivity index (χ3n) is 4.15. The molecule has 0 amide bonds. The van der Waals surface area contributed by atoms with Gasteiger partial charge in [0.2, 0.25) is 0 Å². The van der Waals surface area contributed by atoms with Crippen molar-refractivity contribution >= 4 is 11.4 Å². The summed E-state index contributed by atoms with van der Waals surface area (Å²) in [6.45, 7) is 6.62. The van der Waals surface area contributed by atoms with Crippen molar-refractivity contribution in [2.24, 2.45) is 0 Å². The molecule has 4 N–H and O–H groups in total. The third-order valence-corrected chi connectivity index (χ3v) is 4.15. The summed E-state index contributed by atoms with van der Waals surface area (Å²) in [5, 5.41) is 0. The second-order valence-electron chi connectivity index (χ2n) is 6.24. The van der Waals surface area contributed by atoms with Gasteiger partial charge in [-0.25, -0.2) is 0 Å². The zero-order chi connectivity index (χ0) is 16.1. The molecule has 0 aromatic heterocycles. The molecule has 0 heterocycles. The maximum atomic E-state index is 6.09. The van der Waals surface area contributed by atoms with Gasteiger partial charge in [-0.15, -0.1) is 0 Å². The molecule has 0 saturated heterocycles. The lowest BCUT2D eigenvalue weighted by Gasteiger charge is -2.17. The molecule has 118 valence electrons. The fourth-order valence-electron chi connectivity index (χ4n) is 3.05. The number of nitrogens with two attached hydrogens (primary N) is 2. The highest BCUT2D eigenvalue weighted by Crippen LogP contribution is 2.29. The average Bonchev–Trinajstić information content (AvgIpc) is 2.46. The Morgan fingerprint density at radius 3 is 1.50 bits per heavy atom. The van der Waals surface area contributed by atoms with Crippen LogP contribution in [0.2, 0.25) is 0 Å². The summed E-state index contributed by atoms with van der Waals surface area (Å²) in [5.41, 5.74) is 19.1. The molecule has 0 aliphatic rings. The van der Waals surface area contributed by atoms with Gasteiger partial charge in [0.15, 0.2) is 0 Å². The zero-order valence-corrected chi connectivity index (χ0v) is 14.0. The van der Waals surface area contributed by atoms with Crippen LogP contribution < -0.4 is 11.5 Å². The van der Waals surface area contributed by atoms with Crippen LogP contribution in [0.5, 0.6) is 0 Å². The maximum Gasteiger partial charge on any atom is 0.0319 e. The number of rotatable bonds is 6. The van der Waals surface area contributed by atoms with Gasteiger partial charge < -0.3 is 11.5 Å². The van der Waals surface area contributed by atoms with Crippen molar-refractivity contribution in [2.45, 2.75) is 52.4 Å². The molecule has 0 spiro atoms. The molecule has 0 aliphatic heterocycles. The number of benzene rings is 2. The standard InChI is InChI=1S/C20H28N2/c1-4-6-15-8-17(12-19(21)10-15)14(3)18-9-16(7-5-2)11-20(22)13-18/h8-14H,4-7,21-22H2,1-3H3. The minimum Gasteiger partial charge on any atom is -0.399 e. The number of nitrogen functional groups attached to an aromatic ring is 2. The van der Waals surface area contributed by atoms with Crippen LogP contribution in [-0.2, 0) is 12.8 Å². The SMILES string of the molecule is CCCc1cc(N)cc(C(C)c2cc(N)cc(CCC)c2)c1. The average molecular weight is 296 g/mol. The summed E-state index contributed by atoms with van der Waals surface area (Å²) in [6.07, 6.45) is 4.41. The Hall–Kier alpha value is -1.96. The predicted molar refractivity (Wildman–Crippen MR) is 97.2 cm³/mol. The third kappa shape index (κ3) is 4.03. The largest absolute Gasteiger partial charge is 0.399 e. The van der Waals surface area contributed by atoms with E-state index in [1.807, 2.05) is 0 Å². The Balaban J connectivity index is 2.36. The van der Waals surface area contributed by atoms with Gasteiger partial charge >= 0.3 is 0 Å². The van der Waals surface area contributed by atoms with E-state index in [-0.39, 0.29) is 0 Å². The fourth-order valence-corrected chi connectivity index (χ4v) is 3.05. The normalized spacial score (nSPS) is 11.1. The van der Waals surface area contributed by atoms with Gasteiger partial charge in [0.1, 0.15) is 0 Å². The van der Waals surface area contributed by atoms with E-state index in [1.165, 1.54) is 22.3 Å². The lowest BCUT2D eigenvalue weighted by molar-refractivity contribution is 0.881. The van der Waals surface area contributed by atoms with Gasteiger partial charge in [-0.3, -0.25) is 0 Å². The predicted octanol–water partition coefficient (Wildman–Crippen LogP) is 4.91. The summed E-state index contributed by atoms with van der Waals surface area (Å²) >= 11 is 0. The van der Waals surface area contributed by atoms with Gasteiger partial charge in [0.25, 0.3) is 0 Å². The van der Waals surface area contributed by atoms with E-state index < -0.39 is 0 Å². The highest BCUT2D eigenvalue weighted by atomic mass is 14.5. The lowest BCUT2D eigenvalue weighted by atomic mass is 9.89. The summed E-state index contributed by atoms with van der Waals surface area (Å²) < 4.78 is 0. The minimum atomic E-state index is 0.304. The molecule has 0 bridgehead atoms. The highest BCUT2D eigenvalue weighted by molar-refractivity contribution is 5.51. The first-order valence-corrected chi connectivity index (χ1v) is 8.32. The number of hydrogen-bond donors (Lipinski definition) is 2. The van der Waals surface area contributed by atoms with Crippen LogP contribution in [0.15, 0.2) is 36.4 Å². The van der Waals surface area contributed by atoms with Crippen LogP contribution in [0.1, 0.15) is 61.8 Å². The molecular weight excluding hydrogens is 268 g/mol. The van der Waals surface area contributed by atoms with Crippen molar-refractivity contribution in [3.63, 3.8) is 0 Å². The van der Waals surface area contributed by atoms with Gasteiger partial charge in [0, 0.05) is 17.3 Å². The van der Waals surface area contributed by atoms with Gasteiger partial charge in [-0.05, 0) is 59.4 Å². The molecule has 2 rings (SSSR count).